The first kappa shape index (κ1) is 16.9. The van der Waals surface area contributed by atoms with E-state index in [1.807, 2.05) is 0 Å². The van der Waals surface area contributed by atoms with Crippen molar-refractivity contribution in [3.8, 4) is 5.75 Å². The number of nitrogens with zero attached hydrogens (tertiary/aromatic N) is 1. The SMILES string of the molecule is COc1ccc(C(=O)COC(=O)c2ccc(NC3CC3)nc2)cc1F. The molecule has 0 amide bonds. The number of nitrogens with one attached hydrogen (secondary N) is 1. The van der Waals surface area contributed by atoms with Crippen LogP contribution in [-0.4, -0.2) is 36.5 Å². The summed E-state index contributed by atoms with van der Waals surface area (Å²) in [6.07, 6.45) is 3.64. The zero-order chi connectivity index (χ0) is 17.8. The molecule has 6 nitrogen and oxygen atoms in total. The predicted molar refractivity (Wildman–Crippen MR) is 88.4 cm³/mol. The number of Topliss-reactive ketones (excluding diaryl/α,β-unsaturated/α-hetero) is 1. The highest BCUT2D eigenvalue weighted by atomic mass is 19.1. The minimum Gasteiger partial charge on any atom is -0.494 e. The third kappa shape index (κ3) is 4.32. The lowest BCUT2D eigenvalue weighted by atomic mass is 10.1. The maximum atomic E-state index is 13.6. The van der Waals surface area contributed by atoms with Crippen LogP contribution in [0.25, 0.3) is 0 Å². The quantitative estimate of drug-likeness (QED) is 0.615. The molecule has 2 aromatic rings. The second-order valence-electron chi connectivity index (χ2n) is 5.70. The van der Waals surface area contributed by atoms with Crippen LogP contribution in [0.15, 0.2) is 36.5 Å². The Morgan fingerprint density at radius 3 is 2.60 bits per heavy atom. The predicted octanol–water partition coefficient (Wildman–Crippen LogP) is 2.84. The number of pyridine rings is 1. The number of hydrogen-bond acceptors (Lipinski definition) is 6. The molecule has 1 aliphatic rings. The summed E-state index contributed by atoms with van der Waals surface area (Å²) in [6, 6.07) is 7.55. The average Bonchev–Trinajstić information content (AvgIpc) is 3.44. The average molecular weight is 344 g/mol. The number of ether oxygens (including phenoxy) is 2. The van der Waals surface area contributed by atoms with Crippen LogP contribution in [0.4, 0.5) is 10.2 Å². The van der Waals surface area contributed by atoms with Crippen molar-refractivity contribution in [1.29, 1.82) is 0 Å². The van der Waals surface area contributed by atoms with Gasteiger partial charge in [-0.05, 0) is 43.2 Å². The summed E-state index contributed by atoms with van der Waals surface area (Å²) in [5, 5.41) is 3.21. The Morgan fingerprint density at radius 1 is 1.24 bits per heavy atom. The van der Waals surface area contributed by atoms with Crippen molar-refractivity contribution in [2.24, 2.45) is 0 Å². The maximum absolute atomic E-state index is 13.6. The number of benzene rings is 1. The minimum absolute atomic E-state index is 0.0412. The zero-order valence-electron chi connectivity index (χ0n) is 13.6. The molecule has 0 bridgehead atoms. The maximum Gasteiger partial charge on any atom is 0.340 e. The van der Waals surface area contributed by atoms with Gasteiger partial charge in [-0.15, -0.1) is 0 Å². The van der Waals surface area contributed by atoms with E-state index in [2.05, 4.69) is 10.3 Å². The first-order chi connectivity index (χ1) is 12.1. The van der Waals surface area contributed by atoms with Crippen molar-refractivity contribution in [2.45, 2.75) is 18.9 Å². The van der Waals surface area contributed by atoms with Gasteiger partial charge in [0.15, 0.2) is 24.0 Å². The van der Waals surface area contributed by atoms with Crippen LogP contribution in [0.1, 0.15) is 33.6 Å². The van der Waals surface area contributed by atoms with E-state index in [9.17, 15) is 14.0 Å². The van der Waals surface area contributed by atoms with Crippen LogP contribution in [-0.2, 0) is 4.74 Å². The molecule has 0 spiro atoms. The molecule has 1 aromatic heterocycles. The van der Waals surface area contributed by atoms with Gasteiger partial charge in [-0.2, -0.15) is 0 Å². The summed E-state index contributed by atoms with van der Waals surface area (Å²) in [5.41, 5.74) is 0.350. The number of hydrogen-bond donors (Lipinski definition) is 1. The molecule has 3 rings (SSSR count). The number of methoxy groups -OCH3 is 1. The summed E-state index contributed by atoms with van der Waals surface area (Å²) in [4.78, 5) is 28.1. The molecule has 1 fully saturated rings. The highest BCUT2D eigenvalue weighted by molar-refractivity contribution is 5.99. The van der Waals surface area contributed by atoms with E-state index in [1.165, 1.54) is 25.4 Å². The highest BCUT2D eigenvalue weighted by Gasteiger charge is 2.21. The van der Waals surface area contributed by atoms with Gasteiger partial charge in [-0.1, -0.05) is 0 Å². The molecule has 130 valence electrons. The van der Waals surface area contributed by atoms with Gasteiger partial charge in [0, 0.05) is 17.8 Å². The zero-order valence-corrected chi connectivity index (χ0v) is 13.6. The van der Waals surface area contributed by atoms with Gasteiger partial charge in [0.1, 0.15) is 5.82 Å². The normalized spacial score (nSPS) is 13.2. The van der Waals surface area contributed by atoms with E-state index in [0.717, 1.165) is 18.9 Å². The largest absolute Gasteiger partial charge is 0.494 e. The lowest BCUT2D eigenvalue weighted by molar-refractivity contribution is 0.0474. The molecule has 1 aliphatic carbocycles. The van der Waals surface area contributed by atoms with Crippen molar-refractivity contribution in [3.05, 3.63) is 53.5 Å². The van der Waals surface area contributed by atoms with Crippen LogP contribution in [0.5, 0.6) is 5.75 Å². The highest BCUT2D eigenvalue weighted by Crippen LogP contribution is 2.23. The fourth-order valence-corrected chi connectivity index (χ4v) is 2.17. The van der Waals surface area contributed by atoms with Crippen molar-refractivity contribution in [3.63, 3.8) is 0 Å². The molecule has 1 aromatic carbocycles. The van der Waals surface area contributed by atoms with E-state index >= 15 is 0 Å². The van der Waals surface area contributed by atoms with Crippen LogP contribution < -0.4 is 10.1 Å². The van der Waals surface area contributed by atoms with Gasteiger partial charge in [0.25, 0.3) is 0 Å². The van der Waals surface area contributed by atoms with Crippen LogP contribution in [0.3, 0.4) is 0 Å². The van der Waals surface area contributed by atoms with Crippen molar-refractivity contribution in [2.75, 3.05) is 19.0 Å². The summed E-state index contributed by atoms with van der Waals surface area (Å²) in [7, 11) is 1.33. The fourth-order valence-electron chi connectivity index (χ4n) is 2.17. The Labute approximate surface area is 144 Å². The van der Waals surface area contributed by atoms with E-state index in [0.29, 0.717) is 11.9 Å². The van der Waals surface area contributed by atoms with Gasteiger partial charge < -0.3 is 14.8 Å². The number of rotatable bonds is 7. The van der Waals surface area contributed by atoms with E-state index in [4.69, 9.17) is 9.47 Å². The summed E-state index contributed by atoms with van der Waals surface area (Å²) >= 11 is 0. The summed E-state index contributed by atoms with van der Waals surface area (Å²) in [6.45, 7) is -0.479. The number of esters is 1. The van der Waals surface area contributed by atoms with Gasteiger partial charge in [0.05, 0.1) is 12.7 Å². The van der Waals surface area contributed by atoms with Gasteiger partial charge in [0.2, 0.25) is 0 Å². The monoisotopic (exact) mass is 344 g/mol. The van der Waals surface area contributed by atoms with Crippen molar-refractivity contribution in [1.82, 2.24) is 4.98 Å². The van der Waals surface area contributed by atoms with Gasteiger partial charge in [-0.25, -0.2) is 14.2 Å². The second kappa shape index (κ2) is 7.29. The Morgan fingerprint density at radius 2 is 2.00 bits per heavy atom. The third-order valence-electron chi connectivity index (χ3n) is 3.74. The molecule has 0 saturated heterocycles. The molecule has 0 atom stereocenters. The van der Waals surface area contributed by atoms with Crippen molar-refractivity contribution >= 4 is 17.6 Å². The lowest BCUT2D eigenvalue weighted by Crippen LogP contribution is -2.15. The van der Waals surface area contributed by atoms with Crippen LogP contribution in [0.2, 0.25) is 0 Å². The molecule has 0 aliphatic heterocycles. The number of anilines is 1. The number of halogens is 1. The molecule has 0 unspecified atom stereocenters. The summed E-state index contributed by atoms with van der Waals surface area (Å²) < 4.78 is 23.4. The molecule has 25 heavy (non-hydrogen) atoms. The first-order valence-electron chi connectivity index (χ1n) is 7.83. The van der Waals surface area contributed by atoms with E-state index in [1.54, 1.807) is 12.1 Å². The smallest absolute Gasteiger partial charge is 0.340 e. The third-order valence-corrected chi connectivity index (χ3v) is 3.74. The van der Waals surface area contributed by atoms with Crippen molar-refractivity contribution < 1.29 is 23.5 Å². The Balaban J connectivity index is 1.55. The van der Waals surface area contributed by atoms with Gasteiger partial charge >= 0.3 is 5.97 Å². The van der Waals surface area contributed by atoms with E-state index < -0.39 is 24.2 Å². The molecule has 1 saturated carbocycles. The Bertz CT molecular complexity index is 788. The second-order valence-corrected chi connectivity index (χ2v) is 5.70. The number of carbonyl (C=O) groups excluding carboxylic acids is 2. The summed E-state index contributed by atoms with van der Waals surface area (Å²) in [5.74, 6) is -1.08. The molecule has 0 radical (unpaired) electrons. The molecular weight excluding hydrogens is 327 g/mol. The Hall–Kier alpha value is -2.96. The number of aromatic nitrogens is 1. The lowest BCUT2D eigenvalue weighted by Gasteiger charge is -2.07. The molecule has 1 N–H and O–H groups in total. The molecule has 1 heterocycles. The number of carbonyl (C=O) groups is 2. The van der Waals surface area contributed by atoms with Crippen LogP contribution >= 0.6 is 0 Å². The number of ketones is 1. The standard InChI is InChI=1S/C18H17FN2O4/c1-24-16-6-2-11(8-14(16)19)15(22)10-25-18(23)12-3-7-17(20-9-12)21-13-4-5-13/h2-3,6-9,13H,4-5,10H2,1H3,(H,20,21). The van der Waals surface area contributed by atoms with Gasteiger partial charge in [-0.3, -0.25) is 4.79 Å². The molecular formula is C18H17FN2O4. The topological polar surface area (TPSA) is 77.5 Å². The first-order valence-corrected chi connectivity index (χ1v) is 7.83. The minimum atomic E-state index is -0.659. The van der Waals surface area contributed by atoms with Crippen LogP contribution in [0, 0.1) is 5.82 Å². The Kier molecular flexibility index (Phi) is 4.92. The van der Waals surface area contributed by atoms with E-state index in [-0.39, 0.29) is 16.9 Å². The fraction of sp³-hybridized carbons (Fsp3) is 0.278. The molecule has 7 heteroatoms.